The molecule has 0 aliphatic carbocycles. The number of aromatic nitrogens is 1. The van der Waals surface area contributed by atoms with Crippen molar-refractivity contribution >= 4 is 71.6 Å². The molecule has 0 bridgehead atoms. The van der Waals surface area contributed by atoms with Crippen LogP contribution in [0.15, 0.2) is 186 Å². The van der Waals surface area contributed by atoms with Crippen molar-refractivity contribution in [2.45, 2.75) is 0 Å². The fourth-order valence-corrected chi connectivity index (χ4v) is 7.49. The van der Waals surface area contributed by atoms with E-state index in [0.717, 1.165) is 55.8 Å². The third-order valence-corrected chi connectivity index (χ3v) is 9.74. The van der Waals surface area contributed by atoms with Crippen molar-refractivity contribution < 1.29 is 4.42 Å². The van der Waals surface area contributed by atoms with E-state index in [0.29, 0.717) is 0 Å². The molecule has 0 amide bonds. The first kappa shape index (κ1) is 27.5. The molecule has 49 heavy (non-hydrogen) atoms. The van der Waals surface area contributed by atoms with E-state index >= 15 is 0 Å². The second-order valence-electron chi connectivity index (χ2n) is 12.6. The molecule has 0 N–H and O–H groups in total. The maximum absolute atomic E-state index is 6.40. The number of benzene rings is 8. The number of para-hydroxylation sites is 3. The minimum atomic E-state index is 0.902. The van der Waals surface area contributed by atoms with Crippen molar-refractivity contribution in [3.63, 3.8) is 0 Å². The van der Waals surface area contributed by atoms with E-state index < -0.39 is 0 Å². The lowest BCUT2D eigenvalue weighted by Crippen LogP contribution is -2.10. The summed E-state index contributed by atoms with van der Waals surface area (Å²) < 4.78 is 8.77. The van der Waals surface area contributed by atoms with Gasteiger partial charge in [-0.1, -0.05) is 103 Å². The van der Waals surface area contributed by atoms with E-state index in [9.17, 15) is 0 Å². The lowest BCUT2D eigenvalue weighted by molar-refractivity contribution is 0.669. The van der Waals surface area contributed by atoms with Crippen LogP contribution in [-0.4, -0.2) is 4.57 Å². The zero-order valence-corrected chi connectivity index (χ0v) is 26.6. The number of furan rings is 1. The molecule has 0 unspecified atom stereocenters. The van der Waals surface area contributed by atoms with Gasteiger partial charge in [-0.15, -0.1) is 0 Å². The smallest absolute Gasteiger partial charge is 0.136 e. The summed E-state index contributed by atoms with van der Waals surface area (Å²) in [5, 5.41) is 7.14. The van der Waals surface area contributed by atoms with Gasteiger partial charge in [0.15, 0.2) is 0 Å². The highest BCUT2D eigenvalue weighted by atomic mass is 16.3. The summed E-state index contributed by atoms with van der Waals surface area (Å²) in [5.74, 6) is 0. The van der Waals surface area contributed by atoms with Crippen molar-refractivity contribution in [2.24, 2.45) is 0 Å². The molecule has 0 aliphatic heterocycles. The predicted molar refractivity (Wildman–Crippen MR) is 206 cm³/mol. The van der Waals surface area contributed by atoms with Crippen LogP contribution in [0.4, 0.5) is 17.1 Å². The van der Waals surface area contributed by atoms with Crippen LogP contribution in [0, 0.1) is 0 Å². The topological polar surface area (TPSA) is 21.3 Å². The Morgan fingerprint density at radius 1 is 0.408 bits per heavy atom. The summed E-state index contributed by atoms with van der Waals surface area (Å²) in [6, 6.07) is 64.9. The number of hydrogen-bond acceptors (Lipinski definition) is 2. The first-order chi connectivity index (χ1) is 24.3. The first-order valence-electron chi connectivity index (χ1n) is 16.7. The van der Waals surface area contributed by atoms with Gasteiger partial charge < -0.3 is 13.9 Å². The molecule has 2 heterocycles. The van der Waals surface area contributed by atoms with Gasteiger partial charge in [0, 0.05) is 38.6 Å². The molecule has 10 rings (SSSR count). The molecule has 3 heteroatoms. The van der Waals surface area contributed by atoms with Crippen LogP contribution in [0.2, 0.25) is 0 Å². The minimum absolute atomic E-state index is 0.902. The number of hydrogen-bond donors (Lipinski definition) is 0. The molecular formula is C46H30N2O. The van der Waals surface area contributed by atoms with Gasteiger partial charge >= 0.3 is 0 Å². The quantitative estimate of drug-likeness (QED) is 0.190. The van der Waals surface area contributed by atoms with Gasteiger partial charge in [0.1, 0.15) is 11.2 Å². The molecule has 10 aromatic rings. The minimum Gasteiger partial charge on any atom is -0.456 e. The Labute approximate surface area is 283 Å². The number of anilines is 3. The highest BCUT2D eigenvalue weighted by Gasteiger charge is 2.21. The monoisotopic (exact) mass is 626 g/mol. The van der Waals surface area contributed by atoms with E-state index in [1.54, 1.807) is 0 Å². The molecule has 2 aromatic heterocycles. The van der Waals surface area contributed by atoms with Gasteiger partial charge in [0.2, 0.25) is 0 Å². The largest absolute Gasteiger partial charge is 0.456 e. The third-order valence-electron chi connectivity index (χ3n) is 9.74. The predicted octanol–water partition coefficient (Wildman–Crippen LogP) is 13.0. The average Bonchev–Trinajstić information content (AvgIpc) is 3.70. The molecule has 0 spiro atoms. The molecule has 230 valence electrons. The maximum atomic E-state index is 6.40. The standard InChI is InChI=1S/C46H30N2O/c1-3-14-35(15-4-1)47(42-20-11-21-43-46(42)39-18-9-10-19-41(39)48(43)36-16-5-2-6-17-36)37-25-22-31(23-26-37)34-24-27-38-40-28-32-12-7-8-13-33(32)29-45(40)49-44(38)30-34/h1-30H. The molecule has 8 aromatic carbocycles. The highest BCUT2D eigenvalue weighted by Crippen LogP contribution is 2.44. The van der Waals surface area contributed by atoms with Gasteiger partial charge in [0.25, 0.3) is 0 Å². The van der Waals surface area contributed by atoms with Crippen LogP contribution in [0.3, 0.4) is 0 Å². The zero-order chi connectivity index (χ0) is 32.3. The molecule has 0 saturated carbocycles. The summed E-state index contributed by atoms with van der Waals surface area (Å²) in [5.41, 5.74) is 10.9. The second-order valence-corrected chi connectivity index (χ2v) is 12.6. The highest BCUT2D eigenvalue weighted by molar-refractivity contribution is 6.16. The van der Waals surface area contributed by atoms with Crippen LogP contribution in [-0.2, 0) is 0 Å². The average molecular weight is 627 g/mol. The van der Waals surface area contributed by atoms with Gasteiger partial charge in [-0.3, -0.25) is 0 Å². The SMILES string of the molecule is c1ccc(N(c2ccc(-c3ccc4c(c3)oc3cc5ccccc5cc34)cc2)c2cccc3c2c2ccccc2n3-c2ccccc2)cc1. The summed E-state index contributed by atoms with van der Waals surface area (Å²) in [6.45, 7) is 0. The Bertz CT molecular complexity index is 2810. The van der Waals surface area contributed by atoms with Gasteiger partial charge in [0.05, 0.1) is 16.7 Å². The Balaban J connectivity index is 1.11. The Morgan fingerprint density at radius 3 is 1.86 bits per heavy atom. The van der Waals surface area contributed by atoms with Gasteiger partial charge in [-0.2, -0.15) is 0 Å². The van der Waals surface area contributed by atoms with Crippen LogP contribution in [0.1, 0.15) is 0 Å². The molecule has 0 aliphatic rings. The molecular weight excluding hydrogens is 597 g/mol. The fraction of sp³-hybridized carbons (Fsp3) is 0. The van der Waals surface area contributed by atoms with Gasteiger partial charge in [-0.05, 0) is 101 Å². The summed E-state index contributed by atoms with van der Waals surface area (Å²) in [4.78, 5) is 2.38. The van der Waals surface area contributed by atoms with Crippen molar-refractivity contribution in [3.05, 3.63) is 182 Å². The van der Waals surface area contributed by atoms with E-state index in [1.165, 1.54) is 32.6 Å². The second kappa shape index (κ2) is 11.0. The van der Waals surface area contributed by atoms with E-state index in [1.807, 2.05) is 0 Å². The number of fused-ring (bicyclic) bond motifs is 7. The third kappa shape index (κ3) is 4.44. The molecule has 0 radical (unpaired) electrons. The van der Waals surface area contributed by atoms with Gasteiger partial charge in [-0.25, -0.2) is 0 Å². The van der Waals surface area contributed by atoms with Crippen molar-refractivity contribution in [2.75, 3.05) is 4.90 Å². The molecule has 0 fully saturated rings. The van der Waals surface area contributed by atoms with Crippen molar-refractivity contribution in [1.29, 1.82) is 0 Å². The number of nitrogens with zero attached hydrogens (tertiary/aromatic N) is 2. The van der Waals surface area contributed by atoms with Crippen LogP contribution in [0.5, 0.6) is 0 Å². The first-order valence-corrected chi connectivity index (χ1v) is 16.7. The Kier molecular flexibility index (Phi) is 6.18. The van der Waals surface area contributed by atoms with Crippen LogP contribution in [0.25, 0.3) is 71.3 Å². The molecule has 3 nitrogen and oxygen atoms in total. The van der Waals surface area contributed by atoms with Crippen molar-refractivity contribution in [3.8, 4) is 16.8 Å². The summed E-state index contributed by atoms with van der Waals surface area (Å²) in [7, 11) is 0. The Hall–Kier alpha value is -6.58. The van der Waals surface area contributed by atoms with E-state index in [-0.39, 0.29) is 0 Å². The van der Waals surface area contributed by atoms with Crippen LogP contribution >= 0.6 is 0 Å². The van der Waals surface area contributed by atoms with E-state index in [4.69, 9.17) is 4.42 Å². The lowest BCUT2D eigenvalue weighted by atomic mass is 10.0. The maximum Gasteiger partial charge on any atom is 0.136 e. The zero-order valence-electron chi connectivity index (χ0n) is 26.6. The normalized spacial score (nSPS) is 11.7. The Morgan fingerprint density at radius 2 is 1.04 bits per heavy atom. The lowest BCUT2D eigenvalue weighted by Gasteiger charge is -2.26. The fourth-order valence-electron chi connectivity index (χ4n) is 7.49. The molecule has 0 saturated heterocycles. The van der Waals surface area contributed by atoms with Crippen LogP contribution < -0.4 is 4.90 Å². The van der Waals surface area contributed by atoms with E-state index in [2.05, 4.69) is 191 Å². The molecule has 0 atom stereocenters. The number of rotatable bonds is 5. The summed E-state index contributed by atoms with van der Waals surface area (Å²) >= 11 is 0. The summed E-state index contributed by atoms with van der Waals surface area (Å²) in [6.07, 6.45) is 0. The van der Waals surface area contributed by atoms with Crippen molar-refractivity contribution in [1.82, 2.24) is 4.57 Å².